The van der Waals surface area contributed by atoms with E-state index in [4.69, 9.17) is 16.3 Å². The summed E-state index contributed by atoms with van der Waals surface area (Å²) in [7, 11) is 0. The Hall–Kier alpha value is -1.11. The number of nitrogens with zero attached hydrogens (tertiary/aromatic N) is 1. The Morgan fingerprint density at radius 1 is 1.72 bits per heavy atom. The molecule has 18 heavy (non-hydrogen) atoms. The number of halogens is 2. The van der Waals surface area contributed by atoms with Crippen molar-refractivity contribution in [2.75, 3.05) is 6.61 Å². The van der Waals surface area contributed by atoms with Gasteiger partial charge in [0.15, 0.2) is 0 Å². The number of rotatable bonds is 5. The summed E-state index contributed by atoms with van der Waals surface area (Å²) < 4.78 is 5.74. The Labute approximate surface area is 117 Å². The minimum atomic E-state index is -0.903. The SMILES string of the molecule is C=C(Cl)COc1c([C@H](C)O)cc(Br)cc1[N+](=O)[O-]. The molecule has 0 aromatic heterocycles. The van der Waals surface area contributed by atoms with Gasteiger partial charge in [0.2, 0.25) is 5.75 Å². The van der Waals surface area contributed by atoms with Crippen LogP contribution in [0, 0.1) is 10.1 Å². The van der Waals surface area contributed by atoms with Crippen molar-refractivity contribution in [1.82, 2.24) is 0 Å². The molecular formula is C11H11BrClNO4. The molecule has 0 aliphatic heterocycles. The highest BCUT2D eigenvalue weighted by molar-refractivity contribution is 9.10. The average molecular weight is 337 g/mol. The number of nitro groups is 1. The average Bonchev–Trinajstić information content (AvgIpc) is 2.25. The number of ether oxygens (including phenoxy) is 1. The first kappa shape index (κ1) is 14.9. The summed E-state index contributed by atoms with van der Waals surface area (Å²) >= 11 is 8.71. The van der Waals surface area contributed by atoms with Crippen molar-refractivity contribution in [1.29, 1.82) is 0 Å². The Morgan fingerprint density at radius 3 is 2.78 bits per heavy atom. The fourth-order valence-corrected chi connectivity index (χ4v) is 1.87. The van der Waals surface area contributed by atoms with E-state index >= 15 is 0 Å². The molecule has 7 heteroatoms. The summed E-state index contributed by atoms with van der Waals surface area (Å²) in [5.74, 6) is 0.000000000000000444. The Bertz CT molecular complexity index is 490. The van der Waals surface area contributed by atoms with Crippen LogP contribution in [-0.4, -0.2) is 16.6 Å². The van der Waals surface area contributed by atoms with Crippen molar-refractivity contribution in [3.8, 4) is 5.75 Å². The second kappa shape index (κ2) is 6.17. The smallest absolute Gasteiger partial charge is 0.312 e. The van der Waals surface area contributed by atoms with Gasteiger partial charge in [-0.05, 0) is 13.0 Å². The van der Waals surface area contributed by atoms with Crippen molar-refractivity contribution in [3.63, 3.8) is 0 Å². The van der Waals surface area contributed by atoms with E-state index < -0.39 is 11.0 Å². The molecule has 0 saturated heterocycles. The zero-order valence-corrected chi connectivity index (χ0v) is 11.9. The molecule has 0 unspecified atom stereocenters. The maximum absolute atomic E-state index is 11.0. The maximum atomic E-state index is 11.0. The lowest BCUT2D eigenvalue weighted by atomic mass is 10.1. The third kappa shape index (κ3) is 3.69. The monoisotopic (exact) mass is 335 g/mol. The van der Waals surface area contributed by atoms with E-state index in [1.165, 1.54) is 13.0 Å². The molecule has 0 aliphatic rings. The summed E-state index contributed by atoms with van der Waals surface area (Å²) in [6.45, 7) is 4.86. The minimum Gasteiger partial charge on any atom is -0.481 e. The van der Waals surface area contributed by atoms with Crippen molar-refractivity contribution in [3.05, 3.63) is 43.9 Å². The first-order chi connectivity index (χ1) is 8.32. The molecule has 0 radical (unpaired) electrons. The van der Waals surface area contributed by atoms with Gasteiger partial charge in [-0.1, -0.05) is 34.1 Å². The van der Waals surface area contributed by atoms with Crippen LogP contribution in [0.4, 0.5) is 5.69 Å². The fraction of sp³-hybridized carbons (Fsp3) is 0.273. The predicted octanol–water partition coefficient (Wildman–Crippen LogP) is 3.54. The van der Waals surface area contributed by atoms with E-state index in [9.17, 15) is 15.2 Å². The Balaban J connectivity index is 3.31. The van der Waals surface area contributed by atoms with Gasteiger partial charge in [-0.15, -0.1) is 0 Å². The van der Waals surface area contributed by atoms with Crippen molar-refractivity contribution in [2.45, 2.75) is 13.0 Å². The van der Waals surface area contributed by atoms with Gasteiger partial charge in [0.05, 0.1) is 11.0 Å². The first-order valence-corrected chi connectivity index (χ1v) is 6.12. The van der Waals surface area contributed by atoms with Crippen LogP contribution in [0.3, 0.4) is 0 Å². The quantitative estimate of drug-likeness (QED) is 0.659. The Morgan fingerprint density at radius 2 is 2.33 bits per heavy atom. The lowest BCUT2D eigenvalue weighted by Gasteiger charge is -2.13. The van der Waals surface area contributed by atoms with Crippen LogP contribution in [0.15, 0.2) is 28.2 Å². The van der Waals surface area contributed by atoms with Gasteiger partial charge in [-0.2, -0.15) is 0 Å². The molecule has 0 fully saturated rings. The van der Waals surface area contributed by atoms with Crippen LogP contribution < -0.4 is 4.74 Å². The zero-order valence-electron chi connectivity index (χ0n) is 9.52. The summed E-state index contributed by atoms with van der Waals surface area (Å²) in [5, 5.41) is 20.8. The second-order valence-electron chi connectivity index (χ2n) is 3.58. The van der Waals surface area contributed by atoms with Gasteiger partial charge < -0.3 is 9.84 Å². The summed E-state index contributed by atoms with van der Waals surface area (Å²) in [4.78, 5) is 10.4. The molecular weight excluding hydrogens is 325 g/mol. The van der Waals surface area contributed by atoms with Gasteiger partial charge in [0, 0.05) is 21.1 Å². The van der Waals surface area contributed by atoms with Gasteiger partial charge in [-0.25, -0.2) is 0 Å². The van der Waals surface area contributed by atoms with Crippen LogP contribution in [0.5, 0.6) is 5.75 Å². The van der Waals surface area contributed by atoms with E-state index in [2.05, 4.69) is 22.5 Å². The summed E-state index contributed by atoms with van der Waals surface area (Å²) in [6, 6.07) is 2.86. The third-order valence-corrected chi connectivity index (χ3v) is 2.65. The molecule has 1 aromatic carbocycles. The largest absolute Gasteiger partial charge is 0.481 e. The van der Waals surface area contributed by atoms with Crippen LogP contribution in [-0.2, 0) is 0 Å². The number of hydrogen-bond donors (Lipinski definition) is 1. The van der Waals surface area contributed by atoms with Crippen molar-refractivity contribution in [2.24, 2.45) is 0 Å². The predicted molar refractivity (Wildman–Crippen MR) is 71.9 cm³/mol. The van der Waals surface area contributed by atoms with Crippen molar-refractivity contribution < 1.29 is 14.8 Å². The molecule has 0 heterocycles. The third-order valence-electron chi connectivity index (χ3n) is 2.08. The molecule has 1 aromatic rings. The highest BCUT2D eigenvalue weighted by Gasteiger charge is 2.23. The van der Waals surface area contributed by atoms with E-state index in [0.717, 1.165) is 0 Å². The molecule has 5 nitrogen and oxygen atoms in total. The highest BCUT2D eigenvalue weighted by atomic mass is 79.9. The topological polar surface area (TPSA) is 72.6 Å². The maximum Gasteiger partial charge on any atom is 0.312 e. The fourth-order valence-electron chi connectivity index (χ4n) is 1.35. The molecule has 0 bridgehead atoms. The Kier molecular flexibility index (Phi) is 5.13. The molecule has 0 spiro atoms. The normalized spacial score (nSPS) is 12.0. The summed E-state index contributed by atoms with van der Waals surface area (Å²) in [5.41, 5.74) is 0.0761. The van der Waals surface area contributed by atoms with Crippen LogP contribution in [0.25, 0.3) is 0 Å². The highest BCUT2D eigenvalue weighted by Crippen LogP contribution is 2.38. The number of hydrogen-bond acceptors (Lipinski definition) is 4. The second-order valence-corrected chi connectivity index (χ2v) is 5.03. The number of nitro benzene ring substituents is 1. The van der Waals surface area contributed by atoms with Crippen molar-refractivity contribution >= 4 is 33.2 Å². The standard InChI is InChI=1S/C11H11BrClNO4/c1-6(13)5-18-11-9(7(2)15)3-8(12)4-10(11)14(16)17/h3-4,7,15H,1,5H2,2H3/t7-/m0/s1. The lowest BCUT2D eigenvalue weighted by molar-refractivity contribution is -0.386. The number of aliphatic hydroxyl groups excluding tert-OH is 1. The van der Waals surface area contributed by atoms with E-state index in [0.29, 0.717) is 10.0 Å². The minimum absolute atomic E-state index is 0.000000000000000444. The van der Waals surface area contributed by atoms with Crippen LogP contribution >= 0.6 is 27.5 Å². The molecule has 0 aliphatic carbocycles. The number of aliphatic hydroxyl groups is 1. The molecule has 1 atom stereocenters. The van der Waals surface area contributed by atoms with Gasteiger partial charge in [0.1, 0.15) is 6.61 Å². The lowest BCUT2D eigenvalue weighted by Crippen LogP contribution is -2.05. The molecule has 0 saturated carbocycles. The van der Waals surface area contributed by atoms with Crippen LogP contribution in [0.2, 0.25) is 0 Å². The summed E-state index contributed by atoms with van der Waals surface area (Å²) in [6.07, 6.45) is -0.903. The molecule has 98 valence electrons. The van der Waals surface area contributed by atoms with E-state index in [1.54, 1.807) is 6.07 Å². The van der Waals surface area contributed by atoms with E-state index in [1.807, 2.05) is 0 Å². The molecule has 1 N–H and O–H groups in total. The van der Waals surface area contributed by atoms with Gasteiger partial charge in [0.25, 0.3) is 0 Å². The van der Waals surface area contributed by atoms with E-state index in [-0.39, 0.29) is 23.1 Å². The zero-order chi connectivity index (χ0) is 13.9. The van der Waals surface area contributed by atoms with Gasteiger partial charge >= 0.3 is 5.69 Å². The molecule has 1 rings (SSSR count). The number of benzene rings is 1. The van der Waals surface area contributed by atoms with Crippen LogP contribution in [0.1, 0.15) is 18.6 Å². The van der Waals surface area contributed by atoms with Gasteiger partial charge in [-0.3, -0.25) is 10.1 Å². The molecule has 0 amide bonds. The first-order valence-electron chi connectivity index (χ1n) is 4.95.